The number of fused-ring (bicyclic) bond motifs is 1. The van der Waals surface area contributed by atoms with Gasteiger partial charge in [-0.05, 0) is 60.7 Å². The van der Waals surface area contributed by atoms with E-state index >= 15 is 0 Å². The van der Waals surface area contributed by atoms with Gasteiger partial charge in [-0.15, -0.1) is 0 Å². The van der Waals surface area contributed by atoms with Crippen LogP contribution in [0.5, 0.6) is 5.75 Å². The number of benzene rings is 4. The largest absolute Gasteiger partial charge is 0.492 e. The van der Waals surface area contributed by atoms with E-state index in [1.165, 1.54) is 7.11 Å². The molecular formula is C38H36N4O5. The van der Waals surface area contributed by atoms with Crippen molar-refractivity contribution in [2.45, 2.75) is 25.3 Å². The summed E-state index contributed by atoms with van der Waals surface area (Å²) in [6, 6.07) is 30.4. The second-order valence-electron chi connectivity index (χ2n) is 11.6. The number of para-hydroxylation sites is 3. The zero-order valence-corrected chi connectivity index (χ0v) is 26.2. The van der Waals surface area contributed by atoms with Crippen LogP contribution in [0.3, 0.4) is 0 Å². The second-order valence-corrected chi connectivity index (χ2v) is 11.6. The molecule has 1 aliphatic carbocycles. The molecule has 9 nitrogen and oxygen atoms in total. The molecule has 1 atom stereocenters. The third-order valence-electron chi connectivity index (χ3n) is 8.15. The molecule has 1 saturated carbocycles. The zero-order valence-electron chi connectivity index (χ0n) is 26.2. The van der Waals surface area contributed by atoms with Crippen LogP contribution in [0.25, 0.3) is 11.0 Å². The number of nitrogens with zero attached hydrogens (tertiary/aromatic N) is 3. The van der Waals surface area contributed by atoms with Gasteiger partial charge in [0.1, 0.15) is 24.1 Å². The minimum absolute atomic E-state index is 0.138. The molecule has 0 bridgehead atoms. The highest BCUT2D eigenvalue weighted by atomic mass is 16.5. The number of carbonyl (C=O) groups excluding carboxylic acids is 3. The van der Waals surface area contributed by atoms with E-state index in [0.717, 1.165) is 23.9 Å². The Balaban J connectivity index is 1.08. The minimum atomic E-state index is -0.725. The molecule has 1 fully saturated rings. The Morgan fingerprint density at radius 1 is 0.872 bits per heavy atom. The maximum absolute atomic E-state index is 13.4. The van der Waals surface area contributed by atoms with Gasteiger partial charge >= 0.3 is 5.97 Å². The number of aromatic nitrogens is 2. The molecule has 0 spiro atoms. The fourth-order valence-corrected chi connectivity index (χ4v) is 5.42. The number of anilines is 1. The van der Waals surface area contributed by atoms with Crippen molar-refractivity contribution < 1.29 is 23.9 Å². The van der Waals surface area contributed by atoms with Crippen LogP contribution in [-0.4, -0.2) is 65.4 Å². The Morgan fingerprint density at radius 3 is 2.32 bits per heavy atom. The van der Waals surface area contributed by atoms with Crippen molar-refractivity contribution in [3.63, 3.8) is 0 Å². The number of carbonyl (C=O) groups is 3. The van der Waals surface area contributed by atoms with Crippen molar-refractivity contribution in [3.05, 3.63) is 132 Å². The number of hydrogen-bond acceptors (Lipinski definition) is 8. The summed E-state index contributed by atoms with van der Waals surface area (Å²) in [5.41, 5.74) is 4.24. The predicted molar refractivity (Wildman–Crippen MR) is 180 cm³/mol. The molecule has 1 unspecified atom stereocenters. The number of rotatable bonds is 14. The van der Waals surface area contributed by atoms with E-state index in [0.29, 0.717) is 65.8 Å². The van der Waals surface area contributed by atoms with Gasteiger partial charge < -0.3 is 19.7 Å². The molecule has 1 aliphatic rings. The lowest BCUT2D eigenvalue weighted by Gasteiger charge is -2.22. The standard InChI is InChI=1S/C38H36N4O5/c1-46-38(45)34(40-31-12-6-5-11-30(31)36(43)28-9-3-2-4-10-28)23-26-17-19-29(20-18-26)47-22-21-42(25-27-15-16-27)37(44)35-24-39-32-13-7-8-14-33(32)41-35/h2-14,17-20,24,27,34,40H,15-16,21-23,25H2,1H3. The van der Waals surface area contributed by atoms with E-state index in [4.69, 9.17) is 9.47 Å². The number of ether oxygens (including phenoxy) is 2. The molecule has 6 rings (SSSR count). The lowest BCUT2D eigenvalue weighted by atomic mass is 10.00. The van der Waals surface area contributed by atoms with E-state index < -0.39 is 12.0 Å². The van der Waals surface area contributed by atoms with Gasteiger partial charge in [0.05, 0.1) is 30.9 Å². The highest BCUT2D eigenvalue weighted by molar-refractivity contribution is 6.12. The van der Waals surface area contributed by atoms with Gasteiger partial charge in [-0.25, -0.2) is 9.78 Å². The van der Waals surface area contributed by atoms with E-state index in [1.54, 1.807) is 41.4 Å². The molecule has 0 radical (unpaired) electrons. The maximum Gasteiger partial charge on any atom is 0.328 e. The number of hydrogen-bond donors (Lipinski definition) is 1. The van der Waals surface area contributed by atoms with Gasteiger partial charge in [-0.2, -0.15) is 0 Å². The van der Waals surface area contributed by atoms with Crippen LogP contribution >= 0.6 is 0 Å². The van der Waals surface area contributed by atoms with Gasteiger partial charge in [0.15, 0.2) is 5.78 Å². The molecule has 0 saturated heterocycles. The molecule has 47 heavy (non-hydrogen) atoms. The van der Waals surface area contributed by atoms with Crippen molar-refractivity contribution in [2.24, 2.45) is 5.92 Å². The predicted octanol–water partition coefficient (Wildman–Crippen LogP) is 5.99. The van der Waals surface area contributed by atoms with E-state index in [-0.39, 0.29) is 11.7 Å². The number of esters is 1. The highest BCUT2D eigenvalue weighted by Crippen LogP contribution is 2.30. The van der Waals surface area contributed by atoms with Crippen molar-refractivity contribution in [2.75, 3.05) is 32.1 Å². The molecule has 9 heteroatoms. The third-order valence-corrected chi connectivity index (χ3v) is 8.15. The first kappa shape index (κ1) is 31.4. The fourth-order valence-electron chi connectivity index (χ4n) is 5.42. The van der Waals surface area contributed by atoms with Crippen molar-refractivity contribution >= 4 is 34.4 Å². The third kappa shape index (κ3) is 7.99. The molecule has 1 aromatic heterocycles. The van der Waals surface area contributed by atoms with E-state index in [2.05, 4.69) is 15.3 Å². The van der Waals surface area contributed by atoms with Gasteiger partial charge in [-0.1, -0.05) is 66.7 Å². The first-order valence-electron chi connectivity index (χ1n) is 15.7. The monoisotopic (exact) mass is 628 g/mol. The average Bonchev–Trinajstić information content (AvgIpc) is 3.95. The number of amides is 1. The molecule has 1 amide bonds. The number of nitrogens with one attached hydrogen (secondary N) is 1. The fraction of sp³-hybridized carbons (Fsp3) is 0.237. The van der Waals surface area contributed by atoms with Crippen LogP contribution in [-0.2, 0) is 16.0 Å². The summed E-state index contributed by atoms with van der Waals surface area (Å²) in [5.74, 6) is 0.429. The highest BCUT2D eigenvalue weighted by Gasteiger charge is 2.28. The van der Waals surface area contributed by atoms with Crippen molar-refractivity contribution in [3.8, 4) is 5.75 Å². The lowest BCUT2D eigenvalue weighted by Crippen LogP contribution is -2.36. The van der Waals surface area contributed by atoms with E-state index in [1.807, 2.05) is 72.8 Å². The summed E-state index contributed by atoms with van der Waals surface area (Å²) in [6.07, 6.45) is 4.11. The first-order chi connectivity index (χ1) is 23.0. The zero-order chi connectivity index (χ0) is 32.6. The molecule has 238 valence electrons. The average molecular weight is 629 g/mol. The molecule has 4 aromatic carbocycles. The Labute approximate surface area is 273 Å². The summed E-state index contributed by atoms with van der Waals surface area (Å²) in [4.78, 5) is 50.2. The second kappa shape index (κ2) is 14.7. The smallest absolute Gasteiger partial charge is 0.328 e. The van der Waals surface area contributed by atoms with Crippen molar-refractivity contribution in [1.82, 2.24) is 14.9 Å². The van der Waals surface area contributed by atoms with E-state index in [9.17, 15) is 14.4 Å². The molecule has 0 aliphatic heterocycles. The topological polar surface area (TPSA) is 111 Å². The van der Waals surface area contributed by atoms with Crippen LogP contribution in [0, 0.1) is 5.92 Å². The molecule has 1 N–H and O–H groups in total. The summed E-state index contributed by atoms with van der Waals surface area (Å²) in [5, 5.41) is 3.24. The molecule has 5 aromatic rings. The Hall–Kier alpha value is -5.57. The van der Waals surface area contributed by atoms with Gasteiger partial charge in [0.25, 0.3) is 5.91 Å². The summed E-state index contributed by atoms with van der Waals surface area (Å²) >= 11 is 0. The quantitative estimate of drug-likeness (QED) is 0.118. The maximum atomic E-state index is 13.4. The molecule has 1 heterocycles. The van der Waals surface area contributed by atoms with Crippen LogP contribution in [0.15, 0.2) is 109 Å². The van der Waals surface area contributed by atoms with Crippen LogP contribution in [0.2, 0.25) is 0 Å². The van der Waals surface area contributed by atoms with Gasteiger partial charge in [-0.3, -0.25) is 14.6 Å². The van der Waals surface area contributed by atoms with Crippen molar-refractivity contribution in [1.29, 1.82) is 0 Å². The lowest BCUT2D eigenvalue weighted by molar-refractivity contribution is -0.141. The van der Waals surface area contributed by atoms with Crippen LogP contribution in [0.4, 0.5) is 5.69 Å². The summed E-state index contributed by atoms with van der Waals surface area (Å²) in [6.45, 7) is 1.40. The van der Waals surface area contributed by atoms with Gasteiger partial charge in [0, 0.05) is 29.8 Å². The summed E-state index contributed by atoms with van der Waals surface area (Å²) in [7, 11) is 1.35. The Bertz CT molecular complexity index is 1860. The van der Waals surface area contributed by atoms with Crippen LogP contribution in [0.1, 0.15) is 44.8 Å². The Morgan fingerprint density at radius 2 is 1.57 bits per heavy atom. The van der Waals surface area contributed by atoms with Crippen LogP contribution < -0.4 is 10.1 Å². The van der Waals surface area contributed by atoms with Gasteiger partial charge in [0.2, 0.25) is 0 Å². The number of ketones is 1. The first-order valence-corrected chi connectivity index (χ1v) is 15.7. The SMILES string of the molecule is COC(=O)C(Cc1ccc(OCCN(CC2CC2)C(=O)c2cnc3ccccc3n2)cc1)Nc1ccccc1C(=O)c1ccccc1. The number of methoxy groups -OCH3 is 1. The normalized spacial score (nSPS) is 13.0. The molecular weight excluding hydrogens is 592 g/mol. The Kier molecular flexibility index (Phi) is 9.81. The minimum Gasteiger partial charge on any atom is -0.492 e. The summed E-state index contributed by atoms with van der Waals surface area (Å²) < 4.78 is 11.1.